The molecule has 0 spiro atoms. The van der Waals surface area contributed by atoms with Crippen LogP contribution in [0.2, 0.25) is 0 Å². The lowest BCUT2D eigenvalue weighted by Crippen LogP contribution is -2.30. The molecule has 0 unspecified atom stereocenters. The van der Waals surface area contributed by atoms with E-state index in [1.807, 2.05) is 50.3 Å². The number of rotatable bonds is 1. The van der Waals surface area contributed by atoms with Crippen LogP contribution in [0.5, 0.6) is 5.75 Å². The van der Waals surface area contributed by atoms with Gasteiger partial charge in [-0.1, -0.05) is 15.9 Å². The summed E-state index contributed by atoms with van der Waals surface area (Å²) >= 11 is 3.47. The molecule has 0 radical (unpaired) electrons. The summed E-state index contributed by atoms with van der Waals surface area (Å²) in [6, 6.07) is 9.50. The minimum atomic E-state index is -0.446. The molecule has 0 aliphatic carbocycles. The maximum atomic E-state index is 12.1. The normalized spacial score (nSPS) is 16.1. The van der Waals surface area contributed by atoms with Gasteiger partial charge in [-0.25, -0.2) is 0 Å². The first-order chi connectivity index (χ1) is 9.46. The number of fused-ring (bicyclic) bond motifs is 1. The van der Waals surface area contributed by atoms with Gasteiger partial charge in [0.05, 0.1) is 0 Å². The molecule has 4 heteroatoms. The lowest BCUT2D eigenvalue weighted by atomic mass is 9.90. The molecule has 1 N–H and O–H groups in total. The van der Waals surface area contributed by atoms with Crippen LogP contribution in [0, 0.1) is 0 Å². The van der Waals surface area contributed by atoms with Crippen LogP contribution in [-0.4, -0.2) is 10.6 Å². The van der Waals surface area contributed by atoms with Gasteiger partial charge in [0, 0.05) is 21.8 Å². The number of pyridine rings is 1. The molecule has 1 aromatic heterocycles. The summed E-state index contributed by atoms with van der Waals surface area (Å²) in [5, 5.41) is 0. The lowest BCUT2D eigenvalue weighted by molar-refractivity contribution is 0.158. The highest BCUT2D eigenvalue weighted by atomic mass is 79.9. The second kappa shape index (κ2) is 4.63. The molecule has 0 saturated heterocycles. The molecule has 20 heavy (non-hydrogen) atoms. The fourth-order valence-electron chi connectivity index (χ4n) is 2.40. The molecule has 3 rings (SSSR count). The van der Waals surface area contributed by atoms with E-state index in [4.69, 9.17) is 4.74 Å². The Hall–Kier alpha value is -1.81. The van der Waals surface area contributed by atoms with Gasteiger partial charge in [-0.2, -0.15) is 0 Å². The molecule has 2 heterocycles. The Balaban J connectivity index is 2.28. The van der Waals surface area contributed by atoms with Crippen molar-refractivity contribution in [1.29, 1.82) is 0 Å². The first-order valence-electron chi connectivity index (χ1n) is 6.36. The van der Waals surface area contributed by atoms with Gasteiger partial charge in [0.2, 0.25) is 0 Å². The third-order valence-electron chi connectivity index (χ3n) is 3.21. The number of ether oxygens (including phenoxy) is 1. The predicted molar refractivity (Wildman–Crippen MR) is 83.0 cm³/mol. The third kappa shape index (κ3) is 2.31. The van der Waals surface area contributed by atoms with Gasteiger partial charge >= 0.3 is 0 Å². The molecular weight excluding hydrogens is 318 g/mol. The molecule has 0 fully saturated rings. The summed E-state index contributed by atoms with van der Waals surface area (Å²) in [5.74, 6) is 0.791. The maximum Gasteiger partial charge on any atom is 0.255 e. The number of aromatic amines is 1. The van der Waals surface area contributed by atoms with Gasteiger partial charge in [0.1, 0.15) is 11.4 Å². The van der Waals surface area contributed by atoms with Gasteiger partial charge in [-0.15, -0.1) is 0 Å². The molecule has 3 nitrogen and oxygen atoms in total. The number of hydrogen-bond acceptors (Lipinski definition) is 2. The topological polar surface area (TPSA) is 42.1 Å². The summed E-state index contributed by atoms with van der Waals surface area (Å²) in [7, 11) is 0. The highest BCUT2D eigenvalue weighted by Gasteiger charge is 2.28. The zero-order valence-electron chi connectivity index (χ0n) is 11.2. The van der Waals surface area contributed by atoms with Gasteiger partial charge < -0.3 is 9.72 Å². The zero-order chi connectivity index (χ0) is 14.3. The summed E-state index contributed by atoms with van der Waals surface area (Å²) in [4.78, 5) is 14.8. The predicted octanol–water partition coefficient (Wildman–Crippen LogP) is 3.74. The van der Waals surface area contributed by atoms with E-state index in [0.29, 0.717) is 5.56 Å². The van der Waals surface area contributed by atoms with Gasteiger partial charge in [-0.05, 0) is 55.8 Å². The van der Waals surface area contributed by atoms with E-state index in [1.165, 1.54) is 0 Å². The minimum Gasteiger partial charge on any atom is -0.483 e. The van der Waals surface area contributed by atoms with E-state index in [9.17, 15) is 4.79 Å². The fraction of sp³-hybridized carbons (Fsp3) is 0.188. The van der Waals surface area contributed by atoms with Crippen LogP contribution >= 0.6 is 15.9 Å². The monoisotopic (exact) mass is 331 g/mol. The van der Waals surface area contributed by atoms with E-state index in [1.54, 1.807) is 6.20 Å². The van der Waals surface area contributed by atoms with E-state index >= 15 is 0 Å². The van der Waals surface area contributed by atoms with E-state index in [-0.39, 0.29) is 5.56 Å². The van der Waals surface area contributed by atoms with E-state index < -0.39 is 5.60 Å². The molecule has 102 valence electrons. The number of hydrogen-bond donors (Lipinski definition) is 1. The summed E-state index contributed by atoms with van der Waals surface area (Å²) in [5.41, 5.74) is 1.94. The molecule has 1 aromatic carbocycles. The second-order valence-corrected chi connectivity index (χ2v) is 6.23. The fourth-order valence-corrected chi connectivity index (χ4v) is 2.76. The average molecular weight is 332 g/mol. The van der Waals surface area contributed by atoms with Gasteiger partial charge in [-0.3, -0.25) is 4.79 Å². The highest BCUT2D eigenvalue weighted by Crippen LogP contribution is 2.39. The summed E-state index contributed by atoms with van der Waals surface area (Å²) in [6.45, 7) is 3.96. The number of halogens is 1. The zero-order valence-corrected chi connectivity index (χ0v) is 12.8. The van der Waals surface area contributed by atoms with E-state index in [0.717, 1.165) is 21.4 Å². The van der Waals surface area contributed by atoms with Gasteiger partial charge in [0.25, 0.3) is 5.56 Å². The Morgan fingerprint density at radius 1 is 1.20 bits per heavy atom. The van der Waals surface area contributed by atoms with Crippen LogP contribution in [0.25, 0.3) is 5.57 Å². The Morgan fingerprint density at radius 3 is 2.75 bits per heavy atom. The van der Waals surface area contributed by atoms with Crippen LogP contribution in [0.4, 0.5) is 0 Å². The molecule has 2 aromatic rings. The van der Waals surface area contributed by atoms with Crippen molar-refractivity contribution < 1.29 is 4.74 Å². The number of H-pyrrole nitrogens is 1. The first-order valence-corrected chi connectivity index (χ1v) is 7.15. The van der Waals surface area contributed by atoms with Crippen molar-refractivity contribution in [2.24, 2.45) is 0 Å². The van der Waals surface area contributed by atoms with Crippen LogP contribution in [0.1, 0.15) is 25.0 Å². The quantitative estimate of drug-likeness (QED) is 0.864. The summed E-state index contributed by atoms with van der Waals surface area (Å²) in [6.07, 6.45) is 3.63. The Morgan fingerprint density at radius 2 is 2.00 bits per heavy atom. The lowest BCUT2D eigenvalue weighted by Gasteiger charge is -2.31. The van der Waals surface area contributed by atoms with Crippen LogP contribution < -0.4 is 10.3 Å². The van der Waals surface area contributed by atoms with Crippen LogP contribution in [0.3, 0.4) is 0 Å². The minimum absolute atomic E-state index is 0.0950. The largest absolute Gasteiger partial charge is 0.483 e. The third-order valence-corrected chi connectivity index (χ3v) is 3.70. The van der Waals surface area contributed by atoms with Crippen molar-refractivity contribution in [3.63, 3.8) is 0 Å². The molecule has 0 amide bonds. The Kier molecular flexibility index (Phi) is 3.05. The molecule has 1 aliphatic rings. The van der Waals surface area contributed by atoms with Crippen molar-refractivity contribution in [3.05, 3.63) is 68.6 Å². The molecule has 0 atom stereocenters. The summed E-state index contributed by atoms with van der Waals surface area (Å²) < 4.78 is 6.91. The van der Waals surface area contributed by atoms with Crippen molar-refractivity contribution >= 4 is 21.5 Å². The molecule has 0 bridgehead atoms. The average Bonchev–Trinajstić information content (AvgIpc) is 2.38. The van der Waals surface area contributed by atoms with Crippen molar-refractivity contribution in [2.45, 2.75) is 19.4 Å². The molecule has 1 aliphatic heterocycles. The first kappa shape index (κ1) is 13.2. The standard InChI is InChI=1S/C16H14BrNO2/c1-16(2)9-13(11-4-3-7-18-15(11)19)12-8-10(17)5-6-14(12)20-16/h3-9H,1-2H3,(H,18,19). The number of nitrogens with one attached hydrogen (secondary N) is 1. The SMILES string of the molecule is CC1(C)C=C(c2ccc[nH]c2=O)c2cc(Br)ccc2O1. The maximum absolute atomic E-state index is 12.1. The molecular formula is C16H14BrNO2. The Bertz CT molecular complexity index is 759. The smallest absolute Gasteiger partial charge is 0.255 e. The second-order valence-electron chi connectivity index (χ2n) is 5.32. The molecule has 0 saturated carbocycles. The van der Waals surface area contributed by atoms with Gasteiger partial charge in [0.15, 0.2) is 0 Å². The van der Waals surface area contributed by atoms with Crippen LogP contribution in [-0.2, 0) is 0 Å². The van der Waals surface area contributed by atoms with Crippen molar-refractivity contribution in [2.75, 3.05) is 0 Å². The van der Waals surface area contributed by atoms with Crippen LogP contribution in [0.15, 0.2) is 51.9 Å². The number of benzene rings is 1. The highest BCUT2D eigenvalue weighted by molar-refractivity contribution is 9.10. The Labute approximate surface area is 125 Å². The van der Waals surface area contributed by atoms with E-state index in [2.05, 4.69) is 20.9 Å². The van der Waals surface area contributed by atoms with Crippen molar-refractivity contribution in [3.8, 4) is 5.75 Å². The van der Waals surface area contributed by atoms with Crippen molar-refractivity contribution in [1.82, 2.24) is 4.98 Å². The number of aromatic nitrogens is 1.